The van der Waals surface area contributed by atoms with Crippen LogP contribution in [0.5, 0.6) is 0 Å². The number of hydrogen-bond donors (Lipinski definition) is 1. The summed E-state index contributed by atoms with van der Waals surface area (Å²) >= 11 is 3.34. The zero-order valence-corrected chi connectivity index (χ0v) is 11.8. The van der Waals surface area contributed by atoms with Crippen molar-refractivity contribution in [3.8, 4) is 5.69 Å². The van der Waals surface area contributed by atoms with E-state index < -0.39 is 11.0 Å². The first kappa shape index (κ1) is 13.6. The molecular weight excluding hydrogens is 316 g/mol. The molecule has 2 aromatic rings. The van der Waals surface area contributed by atoms with E-state index in [0.29, 0.717) is 21.4 Å². The highest BCUT2D eigenvalue weighted by Crippen LogP contribution is 2.29. The fourth-order valence-electron chi connectivity index (χ4n) is 1.61. The van der Waals surface area contributed by atoms with Crippen molar-refractivity contribution in [2.45, 2.75) is 20.0 Å². The van der Waals surface area contributed by atoms with Gasteiger partial charge >= 0.3 is 0 Å². The lowest BCUT2D eigenvalue weighted by Gasteiger charge is -2.05. The summed E-state index contributed by atoms with van der Waals surface area (Å²) in [5.41, 5.74) is 1.45. The number of aliphatic hydroxyl groups excluding tert-OH is 1. The predicted molar refractivity (Wildman–Crippen MR) is 71.1 cm³/mol. The van der Waals surface area contributed by atoms with Crippen LogP contribution < -0.4 is 0 Å². The smallest absolute Gasteiger partial charge is 0.274 e. The Kier molecular flexibility index (Phi) is 3.63. The van der Waals surface area contributed by atoms with Crippen molar-refractivity contribution in [1.29, 1.82) is 0 Å². The minimum Gasteiger partial charge on any atom is -0.387 e. The molecule has 19 heavy (non-hydrogen) atoms. The van der Waals surface area contributed by atoms with Crippen LogP contribution in [0.1, 0.15) is 24.3 Å². The number of nitrogens with zero attached hydrogens (tertiary/aromatic N) is 4. The highest BCUT2D eigenvalue weighted by Gasteiger charge is 2.17. The van der Waals surface area contributed by atoms with Crippen LogP contribution >= 0.6 is 15.9 Å². The summed E-state index contributed by atoms with van der Waals surface area (Å²) in [6, 6.07) is 3.07. The molecule has 0 spiro atoms. The van der Waals surface area contributed by atoms with Gasteiger partial charge in [0.2, 0.25) is 0 Å². The van der Waals surface area contributed by atoms with E-state index in [1.165, 1.54) is 16.9 Å². The molecule has 7 nitrogen and oxygen atoms in total. The molecule has 0 fully saturated rings. The fraction of sp³-hybridized carbons (Fsp3) is 0.273. The predicted octanol–water partition coefficient (Wildman–Crippen LogP) is 2.30. The minimum atomic E-state index is -0.743. The molecule has 8 heteroatoms. The zero-order valence-electron chi connectivity index (χ0n) is 10.2. The van der Waals surface area contributed by atoms with Crippen LogP contribution in [-0.2, 0) is 0 Å². The topological polar surface area (TPSA) is 94.1 Å². The first-order valence-corrected chi connectivity index (χ1v) is 6.24. The second-order valence-electron chi connectivity index (χ2n) is 4.11. The van der Waals surface area contributed by atoms with E-state index in [1.54, 1.807) is 19.9 Å². The number of aromatic nitrogens is 3. The highest BCUT2D eigenvalue weighted by molar-refractivity contribution is 9.10. The lowest BCUT2D eigenvalue weighted by Crippen LogP contribution is -2.00. The van der Waals surface area contributed by atoms with Crippen molar-refractivity contribution in [2.24, 2.45) is 0 Å². The van der Waals surface area contributed by atoms with E-state index in [1.807, 2.05) is 0 Å². The molecule has 0 saturated heterocycles. The van der Waals surface area contributed by atoms with Gasteiger partial charge in [0.05, 0.1) is 22.9 Å². The summed E-state index contributed by atoms with van der Waals surface area (Å²) in [6.07, 6.45) is 0.789. The van der Waals surface area contributed by atoms with E-state index >= 15 is 0 Å². The molecule has 1 aromatic carbocycles. The molecule has 0 amide bonds. The second-order valence-corrected chi connectivity index (χ2v) is 4.97. The van der Waals surface area contributed by atoms with Gasteiger partial charge in [0.25, 0.3) is 5.69 Å². The largest absolute Gasteiger partial charge is 0.387 e. The van der Waals surface area contributed by atoms with Crippen LogP contribution in [0.4, 0.5) is 5.69 Å². The normalized spacial score (nSPS) is 12.4. The van der Waals surface area contributed by atoms with Crippen molar-refractivity contribution in [3.05, 3.63) is 44.2 Å². The first-order chi connectivity index (χ1) is 8.90. The number of benzene rings is 1. The Hall–Kier alpha value is -1.80. The number of nitro groups is 1. The minimum absolute atomic E-state index is 0.00676. The Morgan fingerprint density at radius 3 is 2.74 bits per heavy atom. The third-order valence-corrected chi connectivity index (χ3v) is 3.28. The van der Waals surface area contributed by atoms with Gasteiger partial charge in [-0.2, -0.15) is 0 Å². The van der Waals surface area contributed by atoms with Crippen molar-refractivity contribution in [2.75, 3.05) is 0 Å². The van der Waals surface area contributed by atoms with Crippen LogP contribution in [0.15, 0.2) is 22.8 Å². The highest BCUT2D eigenvalue weighted by atomic mass is 79.9. The van der Waals surface area contributed by atoms with Gasteiger partial charge in [0.15, 0.2) is 0 Å². The molecule has 2 rings (SSSR count). The Labute approximate surface area is 117 Å². The first-order valence-electron chi connectivity index (χ1n) is 5.45. The summed E-state index contributed by atoms with van der Waals surface area (Å²) < 4.78 is 2.05. The molecule has 0 radical (unpaired) electrons. The lowest BCUT2D eigenvalue weighted by molar-refractivity contribution is -0.385. The van der Waals surface area contributed by atoms with Crippen molar-refractivity contribution >= 4 is 21.6 Å². The van der Waals surface area contributed by atoms with Crippen molar-refractivity contribution < 1.29 is 10.0 Å². The number of rotatable bonds is 3. The quantitative estimate of drug-likeness (QED) is 0.689. The van der Waals surface area contributed by atoms with E-state index in [0.717, 1.165) is 0 Å². The van der Waals surface area contributed by atoms with Gasteiger partial charge in [-0.15, -0.1) is 5.10 Å². The maximum Gasteiger partial charge on any atom is 0.274 e. The molecule has 100 valence electrons. The fourth-order valence-corrected chi connectivity index (χ4v) is 2.25. The molecule has 1 heterocycles. The van der Waals surface area contributed by atoms with E-state index in [2.05, 4.69) is 26.2 Å². The van der Waals surface area contributed by atoms with Crippen molar-refractivity contribution in [3.63, 3.8) is 0 Å². The number of hydrogen-bond acceptors (Lipinski definition) is 5. The molecule has 1 atom stereocenters. The molecule has 0 bridgehead atoms. The average molecular weight is 327 g/mol. The zero-order chi connectivity index (χ0) is 14.2. The van der Waals surface area contributed by atoms with Gasteiger partial charge in [0, 0.05) is 16.1 Å². The standard InChI is InChI=1S/C11H11BrN4O3/c1-6-3-8(12)11(4-10(6)16(18)19)15-5-9(7(2)17)13-14-15/h3-5,7,17H,1-2H3. The number of nitro benzene ring substituents is 1. The molecule has 0 aliphatic rings. The molecule has 1 N–H and O–H groups in total. The van der Waals surface area contributed by atoms with Gasteiger partial charge < -0.3 is 5.11 Å². The SMILES string of the molecule is Cc1cc(Br)c(-n2cc(C(C)O)nn2)cc1[N+](=O)[O-]. The lowest BCUT2D eigenvalue weighted by atomic mass is 10.2. The molecule has 1 aromatic heterocycles. The molecule has 0 saturated carbocycles. The summed E-state index contributed by atoms with van der Waals surface area (Å²) in [4.78, 5) is 10.5. The van der Waals surface area contributed by atoms with E-state index in [-0.39, 0.29) is 5.69 Å². The summed E-state index contributed by atoms with van der Waals surface area (Å²) in [5, 5.41) is 28.0. The Bertz CT molecular complexity index is 639. The Balaban J connectivity index is 2.54. The maximum atomic E-state index is 10.9. The van der Waals surface area contributed by atoms with Crippen LogP contribution in [0.2, 0.25) is 0 Å². The van der Waals surface area contributed by atoms with Crippen LogP contribution in [0, 0.1) is 17.0 Å². The van der Waals surface area contributed by atoms with Gasteiger partial charge in [-0.05, 0) is 35.8 Å². The summed E-state index contributed by atoms with van der Waals surface area (Å²) in [6.45, 7) is 3.23. The number of halogens is 1. The van der Waals surface area contributed by atoms with E-state index in [4.69, 9.17) is 0 Å². The molecule has 1 unspecified atom stereocenters. The third-order valence-electron chi connectivity index (χ3n) is 2.65. The Morgan fingerprint density at radius 2 is 2.21 bits per heavy atom. The molecular formula is C11H11BrN4O3. The number of aryl methyl sites for hydroxylation is 1. The monoisotopic (exact) mass is 326 g/mol. The number of aliphatic hydroxyl groups is 1. The summed E-state index contributed by atoms with van der Waals surface area (Å²) in [5.74, 6) is 0. The Morgan fingerprint density at radius 1 is 1.53 bits per heavy atom. The van der Waals surface area contributed by atoms with Gasteiger partial charge in [-0.3, -0.25) is 10.1 Å². The van der Waals surface area contributed by atoms with Gasteiger partial charge in [-0.25, -0.2) is 4.68 Å². The van der Waals surface area contributed by atoms with Crippen LogP contribution in [0.25, 0.3) is 5.69 Å². The second kappa shape index (κ2) is 5.06. The molecule has 0 aliphatic heterocycles. The molecule has 0 aliphatic carbocycles. The summed E-state index contributed by atoms with van der Waals surface area (Å²) in [7, 11) is 0. The van der Waals surface area contributed by atoms with E-state index in [9.17, 15) is 15.2 Å². The van der Waals surface area contributed by atoms with Gasteiger partial charge in [-0.1, -0.05) is 5.21 Å². The van der Waals surface area contributed by atoms with Crippen LogP contribution in [-0.4, -0.2) is 25.0 Å². The van der Waals surface area contributed by atoms with Gasteiger partial charge in [0.1, 0.15) is 5.69 Å². The average Bonchev–Trinajstić information content (AvgIpc) is 2.77. The van der Waals surface area contributed by atoms with Crippen molar-refractivity contribution in [1.82, 2.24) is 15.0 Å². The third kappa shape index (κ3) is 2.64. The maximum absolute atomic E-state index is 10.9. The van der Waals surface area contributed by atoms with Crippen LogP contribution in [0.3, 0.4) is 0 Å².